The highest BCUT2D eigenvalue weighted by Crippen LogP contribution is 2.50. The van der Waals surface area contributed by atoms with Crippen molar-refractivity contribution in [3.8, 4) is 0 Å². The van der Waals surface area contributed by atoms with Crippen LogP contribution in [0, 0.1) is 41.4 Å². The molecule has 3 nitrogen and oxygen atoms in total. The number of aliphatic hydroxyl groups excluding tert-OH is 1. The van der Waals surface area contributed by atoms with E-state index in [1.54, 1.807) is 0 Å². The Morgan fingerprint density at radius 2 is 1.76 bits per heavy atom. The molecular weight excluding hydrogens is 376 g/mol. The number of carbonyl (C=O) groups excluding carboxylic acids is 1. The number of fused-ring (bicyclic) bond motifs is 1. The molecule has 0 bridgehead atoms. The monoisotopic (exact) mass is 422 g/mol. The lowest BCUT2D eigenvalue weighted by atomic mass is 9.56. The molecule has 1 N–H and O–H groups in total. The third kappa shape index (κ3) is 5.62. The molecule has 0 spiro atoms. The molecule has 0 amide bonds. The van der Waals surface area contributed by atoms with Gasteiger partial charge in [0, 0.05) is 26.1 Å². The summed E-state index contributed by atoms with van der Waals surface area (Å²) in [6.07, 6.45) is 4.86. The molecular formula is C25H46O3Si. The minimum absolute atomic E-state index is 0.167. The summed E-state index contributed by atoms with van der Waals surface area (Å²) >= 11 is 0. The van der Waals surface area contributed by atoms with Crippen LogP contribution in [0.25, 0.3) is 0 Å². The summed E-state index contributed by atoms with van der Waals surface area (Å²) in [5.41, 5.74) is 1.46. The second-order valence-corrected chi connectivity index (χ2v) is 16.7. The van der Waals surface area contributed by atoms with Crippen LogP contribution in [-0.2, 0) is 9.22 Å². The average Bonchev–Trinajstić information content (AvgIpc) is 2.59. The molecule has 1 fully saturated rings. The Morgan fingerprint density at radius 1 is 1.14 bits per heavy atom. The fraction of sp³-hybridized carbons (Fsp3) is 0.880. The zero-order chi connectivity index (χ0) is 22.1. The van der Waals surface area contributed by atoms with Crippen LogP contribution in [0.4, 0.5) is 0 Å². The molecule has 2 aliphatic rings. The maximum atomic E-state index is 12.7. The van der Waals surface area contributed by atoms with Crippen molar-refractivity contribution in [3.05, 3.63) is 11.6 Å². The number of hydrogen-bond acceptors (Lipinski definition) is 3. The van der Waals surface area contributed by atoms with Crippen LogP contribution in [0.5, 0.6) is 0 Å². The molecule has 0 aromatic rings. The van der Waals surface area contributed by atoms with E-state index in [1.807, 2.05) is 0 Å². The molecule has 2 rings (SSSR count). The first-order valence-corrected chi connectivity index (χ1v) is 14.6. The zero-order valence-electron chi connectivity index (χ0n) is 20.4. The van der Waals surface area contributed by atoms with Crippen molar-refractivity contribution in [3.63, 3.8) is 0 Å². The van der Waals surface area contributed by atoms with Crippen LogP contribution < -0.4 is 0 Å². The van der Waals surface area contributed by atoms with E-state index in [0.29, 0.717) is 48.2 Å². The molecule has 1 saturated carbocycles. The van der Waals surface area contributed by atoms with Crippen LogP contribution in [-0.4, -0.2) is 32.4 Å². The van der Waals surface area contributed by atoms with Gasteiger partial charge in [0.2, 0.25) is 0 Å². The summed E-state index contributed by atoms with van der Waals surface area (Å²) in [7, 11) is -1.80. The van der Waals surface area contributed by atoms with Crippen molar-refractivity contribution in [1.29, 1.82) is 0 Å². The minimum atomic E-state index is -1.80. The smallest absolute Gasteiger partial charge is 0.191 e. The van der Waals surface area contributed by atoms with E-state index in [0.717, 1.165) is 13.0 Å². The zero-order valence-corrected chi connectivity index (χ0v) is 21.4. The van der Waals surface area contributed by atoms with Crippen molar-refractivity contribution in [1.82, 2.24) is 0 Å². The normalized spacial score (nSPS) is 30.7. The van der Waals surface area contributed by atoms with Crippen molar-refractivity contribution in [2.75, 3.05) is 13.2 Å². The quantitative estimate of drug-likeness (QED) is 0.399. The second kappa shape index (κ2) is 9.36. The molecule has 0 unspecified atom stereocenters. The summed E-state index contributed by atoms with van der Waals surface area (Å²) < 4.78 is 6.70. The maximum absolute atomic E-state index is 12.7. The fourth-order valence-corrected chi connectivity index (χ4v) is 6.36. The predicted octanol–water partition coefficient (Wildman–Crippen LogP) is 6.09. The fourth-order valence-electron chi connectivity index (χ4n) is 5.32. The van der Waals surface area contributed by atoms with E-state index in [4.69, 9.17) is 4.43 Å². The predicted molar refractivity (Wildman–Crippen MR) is 124 cm³/mol. The van der Waals surface area contributed by atoms with Crippen LogP contribution in [0.3, 0.4) is 0 Å². The Balaban J connectivity index is 2.29. The Morgan fingerprint density at radius 3 is 2.28 bits per heavy atom. The summed E-state index contributed by atoms with van der Waals surface area (Å²) in [6.45, 7) is 21.5. The van der Waals surface area contributed by atoms with Gasteiger partial charge in [-0.3, -0.25) is 4.79 Å². The first-order valence-electron chi connectivity index (χ1n) is 11.7. The largest absolute Gasteiger partial charge is 0.417 e. The standard InChI is InChI=1S/C25H46O3Si/c1-16(2)24(15-28-29(8,9)25(5,6)7)22-11-17(3)10-21-20(18(4)14-26)12-19(27)13-23(21)22/h10,16,18,20-24,26H,11-15H2,1-9H3/t18-,20+,21-,22-,23+,24-/m1/s1. The van der Waals surface area contributed by atoms with Gasteiger partial charge in [0.1, 0.15) is 5.78 Å². The number of carbonyl (C=O) groups is 1. The van der Waals surface area contributed by atoms with Gasteiger partial charge in [-0.15, -0.1) is 0 Å². The van der Waals surface area contributed by atoms with Gasteiger partial charge in [-0.25, -0.2) is 0 Å². The SMILES string of the molecule is CC1=C[C@@H]2[C@H]([C@H](C)CO)CC(=O)C[C@@H]2[C@H]([C@H](CO[Si](C)(C)C(C)(C)C)C(C)C)C1. The summed E-state index contributed by atoms with van der Waals surface area (Å²) in [4.78, 5) is 12.7. The van der Waals surface area contributed by atoms with Crippen LogP contribution in [0.15, 0.2) is 11.6 Å². The van der Waals surface area contributed by atoms with Crippen molar-refractivity contribution in [2.24, 2.45) is 41.4 Å². The van der Waals surface area contributed by atoms with E-state index < -0.39 is 8.32 Å². The van der Waals surface area contributed by atoms with E-state index in [9.17, 15) is 9.90 Å². The van der Waals surface area contributed by atoms with Crippen molar-refractivity contribution in [2.45, 2.75) is 85.9 Å². The molecule has 0 aromatic carbocycles. The lowest BCUT2D eigenvalue weighted by molar-refractivity contribution is -0.127. The van der Waals surface area contributed by atoms with Gasteiger partial charge >= 0.3 is 0 Å². The van der Waals surface area contributed by atoms with Crippen LogP contribution >= 0.6 is 0 Å². The van der Waals surface area contributed by atoms with E-state index in [1.165, 1.54) is 5.57 Å². The average molecular weight is 423 g/mol. The number of hydrogen-bond donors (Lipinski definition) is 1. The highest BCUT2D eigenvalue weighted by atomic mass is 28.4. The summed E-state index contributed by atoms with van der Waals surface area (Å²) in [5, 5.41) is 10.0. The molecule has 168 valence electrons. The molecule has 0 saturated heterocycles. The van der Waals surface area contributed by atoms with Crippen molar-refractivity contribution >= 4 is 14.1 Å². The number of allylic oxidation sites excluding steroid dienone is 2. The number of aliphatic hydroxyl groups is 1. The Labute approximate surface area is 180 Å². The van der Waals surface area contributed by atoms with Gasteiger partial charge in [-0.2, -0.15) is 0 Å². The minimum Gasteiger partial charge on any atom is -0.417 e. The van der Waals surface area contributed by atoms with Gasteiger partial charge in [0.25, 0.3) is 0 Å². The van der Waals surface area contributed by atoms with E-state index in [-0.39, 0.29) is 23.5 Å². The third-order valence-electron chi connectivity index (χ3n) is 8.37. The van der Waals surface area contributed by atoms with E-state index >= 15 is 0 Å². The molecule has 6 atom stereocenters. The maximum Gasteiger partial charge on any atom is 0.191 e. The number of ketones is 1. The molecule has 29 heavy (non-hydrogen) atoms. The molecule has 0 aliphatic heterocycles. The van der Waals surface area contributed by atoms with Crippen molar-refractivity contribution < 1.29 is 14.3 Å². The van der Waals surface area contributed by atoms with Gasteiger partial charge < -0.3 is 9.53 Å². The summed E-state index contributed by atoms with van der Waals surface area (Å²) in [6, 6.07) is 0. The Bertz CT molecular complexity index is 602. The first-order chi connectivity index (χ1) is 13.3. The third-order valence-corrected chi connectivity index (χ3v) is 12.9. The van der Waals surface area contributed by atoms with Gasteiger partial charge in [0.15, 0.2) is 8.32 Å². The highest BCUT2D eigenvalue weighted by molar-refractivity contribution is 6.74. The Kier molecular flexibility index (Phi) is 8.01. The number of Topliss-reactive ketones (excluding diaryl/α,β-unsaturated/α-hetero) is 1. The highest BCUT2D eigenvalue weighted by Gasteiger charge is 2.47. The first kappa shape index (κ1) is 24.8. The number of rotatable bonds is 7. The molecule has 0 heterocycles. The topological polar surface area (TPSA) is 46.5 Å². The molecule has 0 radical (unpaired) electrons. The molecule has 2 aliphatic carbocycles. The molecule has 4 heteroatoms. The molecule has 0 aromatic heterocycles. The lowest BCUT2D eigenvalue weighted by Crippen LogP contribution is -2.47. The lowest BCUT2D eigenvalue weighted by Gasteiger charge is -2.49. The second-order valence-electron chi connectivity index (χ2n) is 11.9. The van der Waals surface area contributed by atoms with E-state index in [2.05, 4.69) is 67.6 Å². The van der Waals surface area contributed by atoms with Gasteiger partial charge in [-0.1, -0.05) is 53.2 Å². The van der Waals surface area contributed by atoms with Gasteiger partial charge in [0.05, 0.1) is 0 Å². The van der Waals surface area contributed by atoms with Crippen LogP contribution in [0.2, 0.25) is 18.1 Å². The van der Waals surface area contributed by atoms with Crippen LogP contribution in [0.1, 0.15) is 67.7 Å². The Hall–Kier alpha value is -0.453. The summed E-state index contributed by atoms with van der Waals surface area (Å²) in [5.74, 6) is 3.15. The van der Waals surface area contributed by atoms with Gasteiger partial charge in [-0.05, 0) is 72.9 Å².